The van der Waals surface area contributed by atoms with Gasteiger partial charge in [0.1, 0.15) is 0 Å². The van der Waals surface area contributed by atoms with Crippen LogP contribution in [0, 0.1) is 5.41 Å². The van der Waals surface area contributed by atoms with Gasteiger partial charge in [-0.2, -0.15) is 13.2 Å². The summed E-state index contributed by atoms with van der Waals surface area (Å²) in [6, 6.07) is -0.666. The summed E-state index contributed by atoms with van der Waals surface area (Å²) in [4.78, 5) is 11.5. The molecule has 1 rings (SSSR count). The van der Waals surface area contributed by atoms with E-state index in [-0.39, 0.29) is 35.0 Å². The lowest BCUT2D eigenvalue weighted by molar-refractivity contribution is -0.138. The van der Waals surface area contributed by atoms with E-state index in [0.29, 0.717) is 6.42 Å². The maximum absolute atomic E-state index is 12.3. The van der Waals surface area contributed by atoms with Crippen LogP contribution in [0.4, 0.5) is 23.1 Å². The van der Waals surface area contributed by atoms with Gasteiger partial charge in [0.15, 0.2) is 0 Å². The zero-order chi connectivity index (χ0) is 15.4. The highest BCUT2D eigenvalue weighted by atomic mass is 32.1. The first kappa shape index (κ1) is 16.6. The highest BCUT2D eigenvalue weighted by molar-refractivity contribution is 7.15. The van der Waals surface area contributed by atoms with Crippen LogP contribution < -0.4 is 10.6 Å². The SMILES string of the molecule is CC(C)(CCO)CNC(=O)Nc1nnc(C(F)(F)F)s1. The van der Waals surface area contributed by atoms with Crippen LogP contribution in [0.5, 0.6) is 0 Å². The number of halogens is 3. The zero-order valence-electron chi connectivity index (χ0n) is 10.9. The van der Waals surface area contributed by atoms with Crippen molar-refractivity contribution < 1.29 is 23.1 Å². The highest BCUT2D eigenvalue weighted by Gasteiger charge is 2.35. The quantitative estimate of drug-likeness (QED) is 0.777. The molecule has 0 atom stereocenters. The van der Waals surface area contributed by atoms with Crippen LogP contribution in [0.3, 0.4) is 0 Å². The van der Waals surface area contributed by atoms with Gasteiger partial charge >= 0.3 is 12.2 Å². The molecule has 20 heavy (non-hydrogen) atoms. The Kier molecular flexibility index (Phi) is 5.28. The molecule has 114 valence electrons. The van der Waals surface area contributed by atoms with Crippen molar-refractivity contribution in [2.24, 2.45) is 5.41 Å². The minimum atomic E-state index is -4.57. The summed E-state index contributed by atoms with van der Waals surface area (Å²) in [5, 5.41) is 18.4. The lowest BCUT2D eigenvalue weighted by Gasteiger charge is -2.23. The minimum absolute atomic E-state index is 0.0123. The molecular weight excluding hydrogens is 297 g/mol. The van der Waals surface area contributed by atoms with E-state index in [0.717, 1.165) is 0 Å². The first-order valence-corrected chi connectivity index (χ1v) is 6.52. The number of aliphatic hydroxyl groups excluding tert-OH is 1. The average Bonchev–Trinajstić information content (AvgIpc) is 2.75. The maximum atomic E-state index is 12.3. The molecule has 1 heterocycles. The molecule has 3 N–H and O–H groups in total. The van der Waals surface area contributed by atoms with Gasteiger partial charge in [0.25, 0.3) is 0 Å². The molecule has 0 fully saturated rings. The monoisotopic (exact) mass is 312 g/mol. The normalized spacial score (nSPS) is 12.3. The number of hydrogen-bond acceptors (Lipinski definition) is 5. The van der Waals surface area contributed by atoms with E-state index in [1.807, 2.05) is 13.8 Å². The van der Waals surface area contributed by atoms with Crippen molar-refractivity contribution in [2.45, 2.75) is 26.4 Å². The Balaban J connectivity index is 2.49. The van der Waals surface area contributed by atoms with Crippen LogP contribution in [-0.2, 0) is 6.18 Å². The van der Waals surface area contributed by atoms with Gasteiger partial charge in [0, 0.05) is 13.2 Å². The smallest absolute Gasteiger partial charge is 0.396 e. The second-order valence-electron chi connectivity index (χ2n) is 4.86. The van der Waals surface area contributed by atoms with Crippen molar-refractivity contribution in [2.75, 3.05) is 18.5 Å². The number of alkyl halides is 3. The molecular formula is C10H15F3N4O2S. The van der Waals surface area contributed by atoms with Gasteiger partial charge in [-0.15, -0.1) is 10.2 Å². The number of hydrogen-bond donors (Lipinski definition) is 3. The van der Waals surface area contributed by atoms with Crippen molar-refractivity contribution in [1.82, 2.24) is 15.5 Å². The summed E-state index contributed by atoms with van der Waals surface area (Å²) in [5.41, 5.74) is -0.315. The number of urea groups is 1. The fourth-order valence-corrected chi connectivity index (χ4v) is 1.85. The Morgan fingerprint density at radius 2 is 2.00 bits per heavy atom. The van der Waals surface area contributed by atoms with Gasteiger partial charge in [-0.3, -0.25) is 5.32 Å². The van der Waals surface area contributed by atoms with Crippen LogP contribution in [-0.4, -0.2) is 34.5 Å². The Hall–Kier alpha value is -1.42. The van der Waals surface area contributed by atoms with E-state index in [1.54, 1.807) is 0 Å². The van der Waals surface area contributed by atoms with E-state index in [2.05, 4.69) is 20.8 Å². The van der Waals surface area contributed by atoms with Crippen molar-refractivity contribution in [1.29, 1.82) is 0 Å². The van der Waals surface area contributed by atoms with Crippen LogP contribution in [0.25, 0.3) is 0 Å². The molecule has 1 aromatic rings. The fourth-order valence-electron chi connectivity index (χ4n) is 1.24. The highest BCUT2D eigenvalue weighted by Crippen LogP contribution is 2.32. The van der Waals surface area contributed by atoms with Gasteiger partial charge in [-0.05, 0) is 11.8 Å². The van der Waals surface area contributed by atoms with Gasteiger partial charge in [-0.25, -0.2) is 4.79 Å². The average molecular weight is 312 g/mol. The third-order valence-electron chi connectivity index (χ3n) is 2.40. The third-order valence-corrected chi connectivity index (χ3v) is 3.29. The van der Waals surface area contributed by atoms with E-state index in [1.165, 1.54) is 0 Å². The zero-order valence-corrected chi connectivity index (χ0v) is 11.7. The van der Waals surface area contributed by atoms with E-state index >= 15 is 0 Å². The van der Waals surface area contributed by atoms with E-state index in [4.69, 9.17) is 5.11 Å². The van der Waals surface area contributed by atoms with E-state index < -0.39 is 17.2 Å². The third kappa shape index (κ3) is 5.29. The molecule has 0 aliphatic heterocycles. The Labute approximate surface area is 117 Å². The molecule has 0 saturated heterocycles. The van der Waals surface area contributed by atoms with Crippen LogP contribution >= 0.6 is 11.3 Å². The van der Waals surface area contributed by atoms with Crippen LogP contribution in [0.15, 0.2) is 0 Å². The number of aromatic nitrogens is 2. The molecule has 6 nitrogen and oxygen atoms in total. The molecule has 0 unspecified atom stereocenters. The molecule has 0 aliphatic rings. The van der Waals surface area contributed by atoms with Crippen molar-refractivity contribution in [3.8, 4) is 0 Å². The number of nitrogens with zero attached hydrogens (tertiary/aromatic N) is 2. The lowest BCUT2D eigenvalue weighted by atomic mass is 9.90. The van der Waals surface area contributed by atoms with Gasteiger partial charge < -0.3 is 10.4 Å². The first-order chi connectivity index (χ1) is 9.14. The predicted molar refractivity (Wildman–Crippen MR) is 67.4 cm³/mol. The van der Waals surface area contributed by atoms with Crippen molar-refractivity contribution in [3.05, 3.63) is 5.01 Å². The van der Waals surface area contributed by atoms with Gasteiger partial charge in [0.05, 0.1) is 0 Å². The van der Waals surface area contributed by atoms with Crippen molar-refractivity contribution in [3.63, 3.8) is 0 Å². The summed E-state index contributed by atoms with van der Waals surface area (Å²) in [7, 11) is 0. The van der Waals surface area contributed by atoms with Gasteiger partial charge in [0.2, 0.25) is 10.1 Å². The molecule has 0 spiro atoms. The van der Waals surface area contributed by atoms with Gasteiger partial charge in [-0.1, -0.05) is 25.2 Å². The number of carbonyl (C=O) groups excluding carboxylic acids is 1. The summed E-state index contributed by atoms with van der Waals surface area (Å²) in [6.45, 7) is 3.94. The molecule has 0 radical (unpaired) electrons. The van der Waals surface area contributed by atoms with Crippen LogP contribution in [0.1, 0.15) is 25.3 Å². The Bertz CT molecular complexity index is 462. The predicted octanol–water partition coefficient (Wildman–Crippen LogP) is 2.09. The lowest BCUT2D eigenvalue weighted by Crippen LogP contribution is -2.37. The number of aliphatic hydroxyl groups is 1. The molecule has 2 amide bonds. The second-order valence-corrected chi connectivity index (χ2v) is 5.83. The fraction of sp³-hybridized carbons (Fsp3) is 0.700. The number of carbonyl (C=O) groups is 1. The largest absolute Gasteiger partial charge is 0.445 e. The summed E-state index contributed by atoms with van der Waals surface area (Å²) in [6.07, 6.45) is -4.08. The number of anilines is 1. The Morgan fingerprint density at radius 1 is 1.35 bits per heavy atom. The summed E-state index contributed by atoms with van der Waals surface area (Å²) in [5.74, 6) is 0. The standard InChI is InChI=1S/C10H15F3N4O2S/c1-9(2,3-4-18)5-14-7(19)15-8-17-16-6(20-8)10(11,12)13/h18H,3-5H2,1-2H3,(H2,14,15,17,19). The molecule has 0 aliphatic carbocycles. The molecule has 0 aromatic carbocycles. The number of nitrogens with one attached hydrogen (secondary N) is 2. The second kappa shape index (κ2) is 6.35. The molecule has 0 bridgehead atoms. The summed E-state index contributed by atoms with van der Waals surface area (Å²) >= 11 is 0.253. The number of amides is 2. The Morgan fingerprint density at radius 3 is 2.50 bits per heavy atom. The molecule has 0 saturated carbocycles. The van der Waals surface area contributed by atoms with Crippen LogP contribution in [0.2, 0.25) is 0 Å². The van der Waals surface area contributed by atoms with E-state index in [9.17, 15) is 18.0 Å². The molecule has 1 aromatic heterocycles. The first-order valence-electron chi connectivity index (χ1n) is 5.70. The topological polar surface area (TPSA) is 87.1 Å². The van der Waals surface area contributed by atoms with Crippen molar-refractivity contribution >= 4 is 22.5 Å². The maximum Gasteiger partial charge on any atom is 0.445 e. The number of rotatable bonds is 5. The minimum Gasteiger partial charge on any atom is -0.396 e. The molecule has 10 heteroatoms. The summed E-state index contributed by atoms with van der Waals surface area (Å²) < 4.78 is 36.9.